The Morgan fingerprint density at radius 1 is 1.29 bits per heavy atom. The molecular weight excluding hydrogens is 288 g/mol. The average Bonchev–Trinajstić information content (AvgIpc) is 2.46. The van der Waals surface area contributed by atoms with Crippen LogP contribution in [0.5, 0.6) is 0 Å². The van der Waals surface area contributed by atoms with E-state index in [4.69, 9.17) is 0 Å². The van der Waals surface area contributed by atoms with Crippen molar-refractivity contribution >= 4 is 10.0 Å². The molecular formula is C15H24N2O3S. The molecule has 1 aliphatic rings. The van der Waals surface area contributed by atoms with E-state index in [1.807, 2.05) is 20.9 Å². The number of hydrogen-bond donors (Lipinski definition) is 1. The van der Waals surface area contributed by atoms with Gasteiger partial charge in [0.15, 0.2) is 0 Å². The van der Waals surface area contributed by atoms with E-state index in [2.05, 4.69) is 4.90 Å². The first kappa shape index (κ1) is 16.4. The maximum Gasteiger partial charge on any atom is 0.243 e. The molecule has 1 aromatic rings. The maximum atomic E-state index is 12.8. The van der Waals surface area contributed by atoms with E-state index >= 15 is 0 Å². The van der Waals surface area contributed by atoms with Gasteiger partial charge in [-0.05, 0) is 43.7 Å². The number of piperazine rings is 1. The van der Waals surface area contributed by atoms with Gasteiger partial charge in [0.2, 0.25) is 10.0 Å². The molecule has 0 bridgehead atoms. The molecule has 118 valence electrons. The van der Waals surface area contributed by atoms with E-state index in [1.165, 1.54) is 0 Å². The van der Waals surface area contributed by atoms with Crippen LogP contribution in [0, 0.1) is 0 Å². The van der Waals surface area contributed by atoms with Crippen LogP contribution in [0.25, 0.3) is 0 Å². The lowest BCUT2D eigenvalue weighted by molar-refractivity contribution is 0.170. The van der Waals surface area contributed by atoms with Gasteiger partial charge in [0.05, 0.1) is 11.5 Å². The molecule has 2 rings (SSSR count). The second-order valence-corrected chi connectivity index (χ2v) is 7.56. The highest BCUT2D eigenvalue weighted by Gasteiger charge is 2.32. The Morgan fingerprint density at radius 2 is 2.00 bits per heavy atom. The quantitative estimate of drug-likeness (QED) is 0.903. The zero-order chi connectivity index (χ0) is 15.6. The summed E-state index contributed by atoms with van der Waals surface area (Å²) in [7, 11) is -1.50. The molecule has 1 aromatic carbocycles. The lowest BCUT2D eigenvalue weighted by atomic mass is 10.1. The number of likely N-dealkylation sites (N-methyl/N-ethyl adjacent to an activating group) is 1. The van der Waals surface area contributed by atoms with Gasteiger partial charge < -0.3 is 10.0 Å². The first-order valence-electron chi connectivity index (χ1n) is 7.33. The summed E-state index contributed by atoms with van der Waals surface area (Å²) in [4.78, 5) is 2.41. The van der Waals surface area contributed by atoms with Crippen LogP contribution >= 0.6 is 0 Å². The number of aliphatic hydroxyl groups is 1. The second-order valence-electron chi connectivity index (χ2n) is 5.67. The summed E-state index contributed by atoms with van der Waals surface area (Å²) in [6, 6.07) is 5.02. The molecule has 1 aliphatic heterocycles. The van der Waals surface area contributed by atoms with Gasteiger partial charge in [-0.1, -0.05) is 13.0 Å². The first-order chi connectivity index (χ1) is 9.90. The van der Waals surface area contributed by atoms with Crippen molar-refractivity contribution in [2.75, 3.05) is 26.7 Å². The molecule has 0 saturated carbocycles. The van der Waals surface area contributed by atoms with Crippen LogP contribution in [0.2, 0.25) is 0 Å². The van der Waals surface area contributed by atoms with Crippen molar-refractivity contribution in [1.29, 1.82) is 0 Å². The lowest BCUT2D eigenvalue weighted by Gasteiger charge is -2.37. The molecule has 0 amide bonds. The summed E-state index contributed by atoms with van der Waals surface area (Å²) in [5.41, 5.74) is 1.68. The van der Waals surface area contributed by atoms with Gasteiger partial charge in [0.1, 0.15) is 0 Å². The monoisotopic (exact) mass is 312 g/mol. The van der Waals surface area contributed by atoms with E-state index in [9.17, 15) is 13.5 Å². The Balaban J connectivity index is 2.35. The van der Waals surface area contributed by atoms with Crippen LogP contribution in [-0.2, 0) is 23.1 Å². The van der Waals surface area contributed by atoms with Gasteiger partial charge in [0, 0.05) is 25.7 Å². The van der Waals surface area contributed by atoms with Crippen LogP contribution in [0.15, 0.2) is 23.1 Å². The van der Waals surface area contributed by atoms with Crippen molar-refractivity contribution in [3.8, 4) is 0 Å². The van der Waals surface area contributed by atoms with Gasteiger partial charge >= 0.3 is 0 Å². The van der Waals surface area contributed by atoms with Crippen LogP contribution in [0.4, 0.5) is 0 Å². The highest BCUT2D eigenvalue weighted by Crippen LogP contribution is 2.23. The van der Waals surface area contributed by atoms with Gasteiger partial charge in [-0.3, -0.25) is 0 Å². The number of aliphatic hydroxyl groups excluding tert-OH is 1. The molecule has 1 atom stereocenters. The fourth-order valence-corrected chi connectivity index (χ4v) is 4.53. The summed E-state index contributed by atoms with van der Waals surface area (Å²) in [5, 5.41) is 9.42. The third kappa shape index (κ3) is 3.29. The van der Waals surface area contributed by atoms with Crippen molar-refractivity contribution in [3.63, 3.8) is 0 Å². The predicted octanol–water partition coefficient (Wildman–Crippen LogP) is 1.07. The van der Waals surface area contributed by atoms with Gasteiger partial charge in [0.25, 0.3) is 0 Å². The zero-order valence-corrected chi connectivity index (χ0v) is 13.7. The minimum atomic E-state index is -3.50. The molecule has 0 radical (unpaired) electrons. The molecule has 1 heterocycles. The number of sulfonamides is 1. The molecule has 1 fully saturated rings. The molecule has 5 nitrogen and oxygen atoms in total. The van der Waals surface area contributed by atoms with Crippen molar-refractivity contribution in [3.05, 3.63) is 29.3 Å². The molecule has 0 spiro atoms. The van der Waals surface area contributed by atoms with Crippen LogP contribution < -0.4 is 0 Å². The van der Waals surface area contributed by atoms with Crippen LogP contribution in [-0.4, -0.2) is 55.5 Å². The number of nitrogens with zero attached hydrogens (tertiary/aromatic N) is 2. The van der Waals surface area contributed by atoms with E-state index in [1.54, 1.807) is 22.5 Å². The Hall–Kier alpha value is -0.950. The number of aryl methyl sites for hydroxylation is 1. The zero-order valence-electron chi connectivity index (χ0n) is 12.9. The number of rotatable bonds is 4. The van der Waals surface area contributed by atoms with Gasteiger partial charge in [-0.15, -0.1) is 0 Å². The molecule has 0 aliphatic carbocycles. The average molecular weight is 312 g/mol. The molecule has 6 heteroatoms. The molecule has 21 heavy (non-hydrogen) atoms. The van der Waals surface area contributed by atoms with Crippen LogP contribution in [0.1, 0.15) is 25.0 Å². The van der Waals surface area contributed by atoms with E-state index in [0.717, 1.165) is 25.1 Å². The normalized spacial score (nSPS) is 21.6. The van der Waals surface area contributed by atoms with Crippen molar-refractivity contribution in [1.82, 2.24) is 9.21 Å². The SMILES string of the molecule is CCc1ccc(S(=O)(=O)N2CCN(C)CC2C)cc1CO. The Morgan fingerprint density at radius 3 is 2.57 bits per heavy atom. The molecule has 0 aromatic heterocycles. The minimum absolute atomic E-state index is 0.0443. The molecule has 1 unspecified atom stereocenters. The standard InChI is InChI=1S/C15H24N2O3S/c1-4-13-5-6-15(9-14(13)11-18)21(19,20)17-8-7-16(3)10-12(17)2/h5-6,9,12,18H,4,7-8,10-11H2,1-3H3. The second kappa shape index (κ2) is 6.44. The third-order valence-corrected chi connectivity index (χ3v) is 6.11. The maximum absolute atomic E-state index is 12.8. The summed E-state index contributed by atoms with van der Waals surface area (Å²) in [6.07, 6.45) is 0.779. The van der Waals surface area contributed by atoms with Crippen molar-refractivity contribution in [2.45, 2.75) is 37.8 Å². The Bertz CT molecular complexity index is 601. The largest absolute Gasteiger partial charge is 0.392 e. The molecule has 1 N–H and O–H groups in total. The topological polar surface area (TPSA) is 60.9 Å². The fourth-order valence-electron chi connectivity index (χ4n) is 2.87. The van der Waals surface area contributed by atoms with Gasteiger partial charge in [-0.25, -0.2) is 8.42 Å². The first-order valence-corrected chi connectivity index (χ1v) is 8.77. The summed E-state index contributed by atoms with van der Waals surface area (Å²) in [6.45, 7) is 5.77. The Kier molecular flexibility index (Phi) is 5.03. The van der Waals surface area contributed by atoms with Gasteiger partial charge in [-0.2, -0.15) is 4.31 Å². The lowest BCUT2D eigenvalue weighted by Crippen LogP contribution is -2.52. The minimum Gasteiger partial charge on any atom is -0.392 e. The van der Waals surface area contributed by atoms with Crippen molar-refractivity contribution < 1.29 is 13.5 Å². The third-order valence-electron chi connectivity index (χ3n) is 4.11. The highest BCUT2D eigenvalue weighted by molar-refractivity contribution is 7.89. The summed E-state index contributed by atoms with van der Waals surface area (Å²) < 4.78 is 27.2. The summed E-state index contributed by atoms with van der Waals surface area (Å²) >= 11 is 0. The fraction of sp³-hybridized carbons (Fsp3) is 0.600. The summed E-state index contributed by atoms with van der Waals surface area (Å²) in [5.74, 6) is 0. The number of benzene rings is 1. The smallest absolute Gasteiger partial charge is 0.243 e. The van der Waals surface area contributed by atoms with E-state index in [0.29, 0.717) is 12.1 Å². The van der Waals surface area contributed by atoms with Crippen LogP contribution in [0.3, 0.4) is 0 Å². The Labute approximate surface area is 127 Å². The predicted molar refractivity (Wildman–Crippen MR) is 82.6 cm³/mol. The van der Waals surface area contributed by atoms with E-state index < -0.39 is 10.0 Å². The van der Waals surface area contributed by atoms with E-state index in [-0.39, 0.29) is 17.5 Å². The highest BCUT2D eigenvalue weighted by atomic mass is 32.2. The molecule has 1 saturated heterocycles. The van der Waals surface area contributed by atoms with Crippen molar-refractivity contribution in [2.24, 2.45) is 0 Å². The number of hydrogen-bond acceptors (Lipinski definition) is 4.